The first-order chi connectivity index (χ1) is 12.6. The summed E-state index contributed by atoms with van der Waals surface area (Å²) >= 11 is 0. The lowest BCUT2D eigenvalue weighted by Crippen LogP contribution is -2.51. The zero-order chi connectivity index (χ0) is 18.9. The Morgan fingerprint density at radius 2 is 2.38 bits per heavy atom. The van der Waals surface area contributed by atoms with Crippen molar-refractivity contribution in [1.29, 1.82) is 0 Å². The van der Waals surface area contributed by atoms with E-state index in [2.05, 4.69) is 20.7 Å². The van der Waals surface area contributed by atoms with Crippen LogP contribution >= 0.6 is 0 Å². The second-order valence-electron chi connectivity index (χ2n) is 6.07. The zero-order valence-electron chi connectivity index (χ0n) is 14.7. The fourth-order valence-corrected chi connectivity index (χ4v) is 2.82. The van der Waals surface area contributed by atoms with E-state index in [1.807, 2.05) is 6.92 Å². The average Bonchev–Trinajstić information content (AvgIpc) is 3.15. The summed E-state index contributed by atoms with van der Waals surface area (Å²) < 4.78 is 0. The maximum absolute atomic E-state index is 12.9. The SMILES string of the molecule is CCCCC(CN(O)C=O)C(=O)N1NCCC1C(=O)Nc1ccncn1. The molecular formula is C16H24N6O4. The number of hydrogen-bond donors (Lipinski definition) is 3. The van der Waals surface area contributed by atoms with Crippen molar-refractivity contribution in [1.82, 2.24) is 25.5 Å². The van der Waals surface area contributed by atoms with Crippen molar-refractivity contribution in [2.24, 2.45) is 5.92 Å². The molecule has 1 aliphatic heterocycles. The molecule has 2 rings (SSSR count). The minimum atomic E-state index is -0.690. The minimum absolute atomic E-state index is 0.110. The third kappa shape index (κ3) is 5.20. The summed E-state index contributed by atoms with van der Waals surface area (Å²) in [7, 11) is 0. The van der Waals surface area contributed by atoms with Crippen LogP contribution in [0.15, 0.2) is 18.6 Å². The largest absolute Gasteiger partial charge is 0.309 e. The van der Waals surface area contributed by atoms with E-state index in [4.69, 9.17) is 0 Å². The fraction of sp³-hybridized carbons (Fsp3) is 0.562. The molecule has 1 aromatic heterocycles. The molecule has 0 radical (unpaired) electrons. The van der Waals surface area contributed by atoms with E-state index < -0.39 is 12.0 Å². The fourth-order valence-electron chi connectivity index (χ4n) is 2.82. The van der Waals surface area contributed by atoms with Gasteiger partial charge in [0.25, 0.3) is 0 Å². The second-order valence-corrected chi connectivity index (χ2v) is 6.07. The van der Waals surface area contributed by atoms with Gasteiger partial charge in [0.2, 0.25) is 18.2 Å². The molecule has 0 aromatic carbocycles. The van der Waals surface area contributed by atoms with Gasteiger partial charge < -0.3 is 5.32 Å². The van der Waals surface area contributed by atoms with Crippen LogP contribution in [-0.4, -0.2) is 62.6 Å². The van der Waals surface area contributed by atoms with Crippen molar-refractivity contribution < 1.29 is 19.6 Å². The molecule has 2 unspecified atom stereocenters. The molecule has 1 aromatic rings. The maximum Gasteiger partial charge on any atom is 0.250 e. The van der Waals surface area contributed by atoms with Gasteiger partial charge in [-0.1, -0.05) is 19.8 Å². The van der Waals surface area contributed by atoms with Gasteiger partial charge in [0.1, 0.15) is 18.2 Å². The van der Waals surface area contributed by atoms with Gasteiger partial charge in [0.15, 0.2) is 0 Å². The van der Waals surface area contributed by atoms with Crippen LogP contribution in [0.2, 0.25) is 0 Å². The van der Waals surface area contributed by atoms with Crippen LogP contribution in [0.1, 0.15) is 32.6 Å². The molecule has 1 saturated heterocycles. The number of hydroxylamine groups is 2. The predicted octanol–water partition coefficient (Wildman–Crippen LogP) is 0.175. The predicted molar refractivity (Wildman–Crippen MR) is 91.5 cm³/mol. The highest BCUT2D eigenvalue weighted by Gasteiger charge is 2.37. The summed E-state index contributed by atoms with van der Waals surface area (Å²) in [6.45, 7) is 2.36. The standard InChI is InChI=1S/C16H24N6O4/c1-2-3-4-12(9-21(26)11-23)16(25)22-13(5-8-19-22)15(24)20-14-6-7-17-10-18-14/h6-7,10-13,19,26H,2-5,8-9H2,1H3,(H,17,18,20,24). The second kappa shape index (κ2) is 9.78. The first-order valence-corrected chi connectivity index (χ1v) is 8.61. The molecule has 3 N–H and O–H groups in total. The number of unbranched alkanes of at least 4 members (excludes halogenated alkanes) is 1. The van der Waals surface area contributed by atoms with E-state index in [0.717, 1.165) is 12.8 Å². The number of hydrogen-bond acceptors (Lipinski definition) is 7. The smallest absolute Gasteiger partial charge is 0.250 e. The lowest BCUT2D eigenvalue weighted by molar-refractivity contribution is -0.159. The number of carbonyl (C=O) groups excluding carboxylic acids is 3. The van der Waals surface area contributed by atoms with Crippen molar-refractivity contribution in [3.63, 3.8) is 0 Å². The highest BCUT2D eigenvalue weighted by atomic mass is 16.5. The van der Waals surface area contributed by atoms with Gasteiger partial charge in [-0.25, -0.2) is 20.5 Å². The van der Waals surface area contributed by atoms with Crippen LogP contribution in [0.3, 0.4) is 0 Å². The molecule has 0 bridgehead atoms. The topological polar surface area (TPSA) is 128 Å². The van der Waals surface area contributed by atoms with Crippen molar-refractivity contribution in [3.8, 4) is 0 Å². The molecule has 10 heteroatoms. The zero-order valence-corrected chi connectivity index (χ0v) is 14.7. The van der Waals surface area contributed by atoms with Crippen molar-refractivity contribution in [3.05, 3.63) is 18.6 Å². The Hall–Kier alpha value is -2.59. The van der Waals surface area contributed by atoms with E-state index in [9.17, 15) is 19.6 Å². The van der Waals surface area contributed by atoms with Gasteiger partial charge in [-0.3, -0.25) is 24.6 Å². The molecule has 3 amide bonds. The Kier molecular flexibility index (Phi) is 7.42. The van der Waals surface area contributed by atoms with Crippen molar-refractivity contribution >= 4 is 24.0 Å². The molecule has 0 spiro atoms. The normalized spacial score (nSPS) is 17.6. The van der Waals surface area contributed by atoms with E-state index in [1.54, 1.807) is 6.07 Å². The Morgan fingerprint density at radius 3 is 3.04 bits per heavy atom. The Bertz CT molecular complexity index is 614. The van der Waals surface area contributed by atoms with Crippen molar-refractivity contribution in [2.45, 2.75) is 38.6 Å². The monoisotopic (exact) mass is 364 g/mol. The van der Waals surface area contributed by atoms with E-state index in [1.165, 1.54) is 17.5 Å². The Balaban J connectivity index is 2.06. The summed E-state index contributed by atoms with van der Waals surface area (Å²) in [4.78, 5) is 43.8. The van der Waals surface area contributed by atoms with Crippen LogP contribution in [0.5, 0.6) is 0 Å². The summed E-state index contributed by atoms with van der Waals surface area (Å²) in [5, 5.41) is 13.9. The van der Waals surface area contributed by atoms with E-state index in [-0.39, 0.29) is 24.8 Å². The molecule has 26 heavy (non-hydrogen) atoms. The molecule has 0 saturated carbocycles. The van der Waals surface area contributed by atoms with Gasteiger partial charge >= 0.3 is 0 Å². The number of amides is 3. The summed E-state index contributed by atoms with van der Waals surface area (Å²) in [6.07, 6.45) is 5.72. The lowest BCUT2D eigenvalue weighted by atomic mass is 10.00. The molecule has 1 fully saturated rings. The first kappa shape index (κ1) is 19.7. The van der Waals surface area contributed by atoms with Crippen LogP contribution in [-0.2, 0) is 14.4 Å². The van der Waals surface area contributed by atoms with Gasteiger partial charge in [-0.2, -0.15) is 0 Å². The van der Waals surface area contributed by atoms with Crippen molar-refractivity contribution in [2.75, 3.05) is 18.4 Å². The minimum Gasteiger partial charge on any atom is -0.309 e. The molecule has 1 aliphatic rings. The summed E-state index contributed by atoms with van der Waals surface area (Å²) in [6, 6.07) is 0.870. The van der Waals surface area contributed by atoms with E-state index >= 15 is 0 Å². The highest BCUT2D eigenvalue weighted by Crippen LogP contribution is 2.19. The first-order valence-electron chi connectivity index (χ1n) is 8.61. The van der Waals surface area contributed by atoms with Crippen LogP contribution in [0.4, 0.5) is 5.82 Å². The molecular weight excluding hydrogens is 340 g/mol. The number of nitrogens with one attached hydrogen (secondary N) is 2. The van der Waals surface area contributed by atoms with Crippen LogP contribution in [0, 0.1) is 5.92 Å². The maximum atomic E-state index is 12.9. The number of carbonyl (C=O) groups is 3. The molecule has 0 aliphatic carbocycles. The van der Waals surface area contributed by atoms with Gasteiger partial charge in [0.05, 0.1) is 12.5 Å². The van der Waals surface area contributed by atoms with E-state index in [0.29, 0.717) is 30.3 Å². The third-order valence-corrected chi connectivity index (χ3v) is 4.17. The number of hydrazine groups is 1. The number of nitrogens with zero attached hydrogens (tertiary/aromatic N) is 4. The third-order valence-electron chi connectivity index (χ3n) is 4.17. The number of anilines is 1. The van der Waals surface area contributed by atoms with Gasteiger partial charge in [-0.15, -0.1) is 0 Å². The van der Waals surface area contributed by atoms with Gasteiger partial charge in [-0.05, 0) is 18.9 Å². The lowest BCUT2D eigenvalue weighted by Gasteiger charge is -2.28. The summed E-state index contributed by atoms with van der Waals surface area (Å²) in [5.74, 6) is -0.911. The Morgan fingerprint density at radius 1 is 1.58 bits per heavy atom. The number of rotatable bonds is 9. The quantitative estimate of drug-likeness (QED) is 0.324. The van der Waals surface area contributed by atoms with Crippen LogP contribution in [0.25, 0.3) is 0 Å². The highest BCUT2D eigenvalue weighted by molar-refractivity contribution is 5.97. The molecule has 2 atom stereocenters. The molecule has 142 valence electrons. The number of aromatic nitrogens is 2. The summed E-state index contributed by atoms with van der Waals surface area (Å²) in [5.41, 5.74) is 2.92. The van der Waals surface area contributed by atoms with Gasteiger partial charge in [0, 0.05) is 12.7 Å². The molecule has 2 heterocycles. The Labute approximate surface area is 151 Å². The molecule has 10 nitrogen and oxygen atoms in total. The van der Waals surface area contributed by atoms with Crippen LogP contribution < -0.4 is 10.7 Å². The average molecular weight is 364 g/mol.